The molecule has 2 N–H and O–H groups in total. The number of rotatable bonds is 8. The molecule has 1 fully saturated rings. The first-order valence-electron chi connectivity index (χ1n) is 9.36. The van der Waals surface area contributed by atoms with E-state index in [2.05, 4.69) is 20.9 Å². The van der Waals surface area contributed by atoms with E-state index in [4.69, 9.17) is 9.47 Å². The summed E-state index contributed by atoms with van der Waals surface area (Å²) in [6, 6.07) is 7.75. The van der Waals surface area contributed by atoms with E-state index < -0.39 is 0 Å². The zero-order valence-electron chi connectivity index (χ0n) is 15.9. The van der Waals surface area contributed by atoms with Crippen LogP contribution in [0.15, 0.2) is 24.3 Å². The summed E-state index contributed by atoms with van der Waals surface area (Å²) in [7, 11) is 1.63. The van der Waals surface area contributed by atoms with Crippen LogP contribution in [0.5, 0.6) is 11.5 Å². The van der Waals surface area contributed by atoms with E-state index in [0.29, 0.717) is 31.3 Å². The Kier molecular flexibility index (Phi) is 6.64. The van der Waals surface area contributed by atoms with Crippen molar-refractivity contribution < 1.29 is 14.3 Å². The highest BCUT2D eigenvalue weighted by Crippen LogP contribution is 2.20. The predicted molar refractivity (Wildman–Crippen MR) is 101 cm³/mol. The number of nitrogens with one attached hydrogen (secondary N) is 2. The number of amides is 1. The first-order chi connectivity index (χ1) is 13.2. The Morgan fingerprint density at radius 2 is 1.96 bits per heavy atom. The van der Waals surface area contributed by atoms with Crippen LogP contribution in [0.4, 0.5) is 0 Å². The van der Waals surface area contributed by atoms with Gasteiger partial charge in [0.05, 0.1) is 25.5 Å². The van der Waals surface area contributed by atoms with Gasteiger partial charge in [0.1, 0.15) is 11.5 Å². The fourth-order valence-electron chi connectivity index (χ4n) is 3.17. The Morgan fingerprint density at radius 1 is 1.26 bits per heavy atom. The quantitative estimate of drug-likeness (QED) is 0.685. The molecule has 146 valence electrons. The fraction of sp³-hybridized carbons (Fsp3) is 0.526. The SMILES string of the molecule is COc1ccc(OCCCNC(=O)c2nnn(C3CCNCC3)c2C)cc1. The van der Waals surface area contributed by atoms with E-state index in [-0.39, 0.29) is 5.91 Å². The number of piperidine rings is 1. The average Bonchev–Trinajstić information content (AvgIpc) is 3.10. The van der Waals surface area contributed by atoms with Crippen LogP contribution >= 0.6 is 0 Å². The third-order valence-electron chi connectivity index (χ3n) is 4.73. The second-order valence-corrected chi connectivity index (χ2v) is 6.58. The number of hydrogen-bond acceptors (Lipinski definition) is 6. The van der Waals surface area contributed by atoms with Gasteiger partial charge in [-0.1, -0.05) is 5.21 Å². The molecule has 0 saturated carbocycles. The Balaban J connectivity index is 1.42. The van der Waals surface area contributed by atoms with Gasteiger partial charge < -0.3 is 20.1 Å². The highest BCUT2D eigenvalue weighted by Gasteiger charge is 2.22. The van der Waals surface area contributed by atoms with Crippen LogP contribution in [0.25, 0.3) is 0 Å². The van der Waals surface area contributed by atoms with Gasteiger partial charge in [-0.25, -0.2) is 4.68 Å². The first kappa shape index (κ1) is 19.2. The van der Waals surface area contributed by atoms with Crippen molar-refractivity contribution in [2.24, 2.45) is 0 Å². The van der Waals surface area contributed by atoms with Crippen molar-refractivity contribution in [2.75, 3.05) is 33.4 Å². The smallest absolute Gasteiger partial charge is 0.273 e. The van der Waals surface area contributed by atoms with E-state index in [1.54, 1.807) is 7.11 Å². The van der Waals surface area contributed by atoms with Gasteiger partial charge in [0.15, 0.2) is 5.69 Å². The molecule has 2 heterocycles. The van der Waals surface area contributed by atoms with Crippen LogP contribution < -0.4 is 20.1 Å². The van der Waals surface area contributed by atoms with Gasteiger partial charge in [-0.2, -0.15) is 0 Å². The maximum Gasteiger partial charge on any atom is 0.273 e. The third-order valence-corrected chi connectivity index (χ3v) is 4.73. The minimum Gasteiger partial charge on any atom is -0.497 e. The molecule has 0 bridgehead atoms. The molecule has 8 heteroatoms. The molecule has 27 heavy (non-hydrogen) atoms. The van der Waals surface area contributed by atoms with Crippen molar-refractivity contribution in [1.82, 2.24) is 25.6 Å². The van der Waals surface area contributed by atoms with Crippen LogP contribution in [-0.2, 0) is 0 Å². The topological polar surface area (TPSA) is 90.3 Å². The van der Waals surface area contributed by atoms with E-state index in [1.807, 2.05) is 35.9 Å². The molecule has 0 unspecified atom stereocenters. The second kappa shape index (κ2) is 9.36. The molecule has 1 amide bonds. The Hall–Kier alpha value is -2.61. The maximum atomic E-state index is 12.4. The Morgan fingerprint density at radius 3 is 2.67 bits per heavy atom. The van der Waals surface area contributed by atoms with Gasteiger partial charge in [-0.3, -0.25) is 4.79 Å². The largest absolute Gasteiger partial charge is 0.497 e. The van der Waals surface area contributed by atoms with Crippen LogP contribution in [0.3, 0.4) is 0 Å². The lowest BCUT2D eigenvalue weighted by Crippen LogP contribution is -2.30. The highest BCUT2D eigenvalue weighted by atomic mass is 16.5. The average molecular weight is 373 g/mol. The van der Waals surface area contributed by atoms with Gasteiger partial charge in [0.25, 0.3) is 5.91 Å². The molecule has 1 aromatic carbocycles. The van der Waals surface area contributed by atoms with Gasteiger partial charge >= 0.3 is 0 Å². The molecule has 1 saturated heterocycles. The minimum absolute atomic E-state index is 0.183. The molecule has 3 rings (SSSR count). The summed E-state index contributed by atoms with van der Waals surface area (Å²) in [5.41, 5.74) is 1.23. The number of nitrogens with zero attached hydrogens (tertiary/aromatic N) is 3. The van der Waals surface area contributed by atoms with Crippen molar-refractivity contribution >= 4 is 5.91 Å². The zero-order chi connectivity index (χ0) is 19.1. The predicted octanol–water partition coefficient (Wildman–Crippen LogP) is 1.72. The molecule has 0 atom stereocenters. The van der Waals surface area contributed by atoms with E-state index in [9.17, 15) is 4.79 Å². The molecule has 0 aliphatic carbocycles. The lowest BCUT2D eigenvalue weighted by atomic mass is 10.1. The van der Waals surface area contributed by atoms with E-state index in [1.165, 1.54) is 0 Å². The van der Waals surface area contributed by atoms with Crippen molar-refractivity contribution in [2.45, 2.75) is 32.2 Å². The maximum absolute atomic E-state index is 12.4. The Bertz CT molecular complexity index is 738. The summed E-state index contributed by atoms with van der Waals surface area (Å²) in [5, 5.41) is 14.5. The third kappa shape index (κ3) is 4.97. The summed E-state index contributed by atoms with van der Waals surface area (Å²) in [5.74, 6) is 1.39. The normalized spacial score (nSPS) is 14.7. The monoisotopic (exact) mass is 373 g/mol. The molecular weight excluding hydrogens is 346 g/mol. The van der Waals surface area contributed by atoms with Crippen LogP contribution in [0.2, 0.25) is 0 Å². The summed E-state index contributed by atoms with van der Waals surface area (Å²) in [6.07, 6.45) is 2.72. The van der Waals surface area contributed by atoms with Crippen LogP contribution in [0, 0.1) is 6.92 Å². The summed E-state index contributed by atoms with van der Waals surface area (Å²) < 4.78 is 12.7. The lowest BCUT2D eigenvalue weighted by Gasteiger charge is -2.23. The number of carbonyl (C=O) groups excluding carboxylic acids is 1. The van der Waals surface area contributed by atoms with Crippen molar-refractivity contribution in [3.8, 4) is 11.5 Å². The number of carbonyl (C=O) groups is 1. The molecule has 2 aromatic rings. The van der Waals surface area contributed by atoms with Crippen LogP contribution in [-0.4, -0.2) is 54.3 Å². The molecule has 8 nitrogen and oxygen atoms in total. The number of hydrogen-bond donors (Lipinski definition) is 2. The van der Waals surface area contributed by atoms with Crippen molar-refractivity contribution in [1.29, 1.82) is 0 Å². The summed E-state index contributed by atoms with van der Waals surface area (Å²) in [4.78, 5) is 12.4. The number of aromatic nitrogens is 3. The van der Waals surface area contributed by atoms with Gasteiger partial charge in [-0.05, 0) is 63.5 Å². The first-order valence-corrected chi connectivity index (χ1v) is 9.36. The van der Waals surface area contributed by atoms with E-state index in [0.717, 1.165) is 43.1 Å². The molecular formula is C19H27N5O3. The standard InChI is InChI=1S/C19H27N5O3/c1-14-18(22-23-24(14)15-8-11-20-12-9-15)19(25)21-10-3-13-27-17-6-4-16(26-2)5-7-17/h4-7,15,20H,3,8-13H2,1-2H3,(H,21,25). The molecule has 1 aromatic heterocycles. The molecule has 1 aliphatic rings. The number of benzene rings is 1. The zero-order valence-corrected chi connectivity index (χ0v) is 15.9. The van der Waals surface area contributed by atoms with Gasteiger partial charge in [0.2, 0.25) is 0 Å². The molecule has 0 radical (unpaired) electrons. The molecule has 0 spiro atoms. The van der Waals surface area contributed by atoms with Crippen molar-refractivity contribution in [3.63, 3.8) is 0 Å². The summed E-state index contributed by atoms with van der Waals surface area (Å²) in [6.45, 7) is 4.89. The van der Waals surface area contributed by atoms with E-state index >= 15 is 0 Å². The fourth-order valence-corrected chi connectivity index (χ4v) is 3.17. The van der Waals surface area contributed by atoms with Gasteiger partial charge in [0, 0.05) is 6.54 Å². The second-order valence-electron chi connectivity index (χ2n) is 6.58. The highest BCUT2D eigenvalue weighted by molar-refractivity contribution is 5.93. The number of methoxy groups -OCH3 is 1. The Labute approximate surface area is 159 Å². The summed E-state index contributed by atoms with van der Waals surface area (Å²) >= 11 is 0. The van der Waals surface area contributed by atoms with Crippen molar-refractivity contribution in [3.05, 3.63) is 35.7 Å². The molecule has 1 aliphatic heterocycles. The van der Waals surface area contributed by atoms with Gasteiger partial charge in [-0.15, -0.1) is 5.10 Å². The lowest BCUT2D eigenvalue weighted by molar-refractivity contribution is 0.0945. The minimum atomic E-state index is -0.183. The van der Waals surface area contributed by atoms with Crippen LogP contribution in [0.1, 0.15) is 41.5 Å². The number of ether oxygens (including phenoxy) is 2.